The highest BCUT2D eigenvalue weighted by Crippen LogP contribution is 2.24. The van der Waals surface area contributed by atoms with Gasteiger partial charge in [-0.25, -0.2) is 13.4 Å². The molecule has 0 bridgehead atoms. The highest BCUT2D eigenvalue weighted by atomic mass is 32.2. The quantitative estimate of drug-likeness (QED) is 0.754. The molecule has 25 heavy (non-hydrogen) atoms. The first kappa shape index (κ1) is 17.2. The van der Waals surface area contributed by atoms with Gasteiger partial charge in [0.25, 0.3) is 0 Å². The standard InChI is InChI=1S/C17H21N5O2S/c1-5-12-11-18-22-16(10-15(21(2)3)20-17(12)22)19-13-6-8-14(9-7-13)25(4,23)24/h6-11,19H,5H2,1-4H3. The van der Waals surface area contributed by atoms with Crippen molar-refractivity contribution < 1.29 is 8.42 Å². The predicted molar refractivity (Wildman–Crippen MR) is 99.5 cm³/mol. The van der Waals surface area contributed by atoms with E-state index >= 15 is 0 Å². The lowest BCUT2D eigenvalue weighted by atomic mass is 10.2. The molecule has 0 radical (unpaired) electrons. The van der Waals surface area contributed by atoms with Crippen LogP contribution < -0.4 is 10.2 Å². The minimum absolute atomic E-state index is 0.291. The Labute approximate surface area is 147 Å². The number of aromatic nitrogens is 3. The van der Waals surface area contributed by atoms with Crippen LogP contribution in [0, 0.1) is 0 Å². The Morgan fingerprint density at radius 2 is 1.88 bits per heavy atom. The Bertz CT molecular complexity index is 1010. The van der Waals surface area contributed by atoms with Crippen molar-refractivity contribution in [2.45, 2.75) is 18.2 Å². The van der Waals surface area contributed by atoms with Crippen LogP contribution in [-0.2, 0) is 16.3 Å². The van der Waals surface area contributed by atoms with Crippen molar-refractivity contribution in [1.82, 2.24) is 14.6 Å². The summed E-state index contributed by atoms with van der Waals surface area (Å²) in [6, 6.07) is 8.56. The molecular formula is C17H21N5O2S. The Kier molecular flexibility index (Phi) is 4.38. The molecule has 0 aliphatic rings. The van der Waals surface area contributed by atoms with Crippen molar-refractivity contribution >= 4 is 32.8 Å². The molecule has 0 aliphatic carbocycles. The molecule has 2 heterocycles. The van der Waals surface area contributed by atoms with Crippen molar-refractivity contribution in [3.05, 3.63) is 42.1 Å². The van der Waals surface area contributed by atoms with E-state index in [9.17, 15) is 8.42 Å². The lowest BCUT2D eigenvalue weighted by Crippen LogP contribution is -2.13. The van der Waals surface area contributed by atoms with Crippen LogP contribution in [0.1, 0.15) is 12.5 Å². The van der Waals surface area contributed by atoms with Gasteiger partial charge in [0.2, 0.25) is 0 Å². The molecule has 0 fully saturated rings. The van der Waals surface area contributed by atoms with Crippen LogP contribution in [0.5, 0.6) is 0 Å². The predicted octanol–water partition coefficient (Wildman–Crippen LogP) is 2.50. The average molecular weight is 359 g/mol. The van der Waals surface area contributed by atoms with Gasteiger partial charge in [0, 0.05) is 37.7 Å². The van der Waals surface area contributed by atoms with Crippen molar-refractivity contribution in [2.24, 2.45) is 0 Å². The second kappa shape index (κ2) is 6.36. The Morgan fingerprint density at radius 1 is 1.20 bits per heavy atom. The zero-order chi connectivity index (χ0) is 18.2. The highest BCUT2D eigenvalue weighted by molar-refractivity contribution is 7.90. The normalized spacial score (nSPS) is 11.7. The summed E-state index contributed by atoms with van der Waals surface area (Å²) in [5.74, 6) is 1.58. The van der Waals surface area contributed by atoms with Gasteiger partial charge in [0.15, 0.2) is 15.5 Å². The third-order valence-corrected chi connectivity index (χ3v) is 5.05. The van der Waals surface area contributed by atoms with E-state index < -0.39 is 9.84 Å². The van der Waals surface area contributed by atoms with Crippen molar-refractivity contribution in [3.63, 3.8) is 0 Å². The maximum absolute atomic E-state index is 11.6. The molecule has 0 unspecified atom stereocenters. The van der Waals surface area contributed by atoms with Gasteiger partial charge in [-0.15, -0.1) is 0 Å². The smallest absolute Gasteiger partial charge is 0.175 e. The number of rotatable bonds is 5. The Hall–Kier alpha value is -2.61. The molecule has 8 heteroatoms. The molecule has 0 saturated carbocycles. The topological polar surface area (TPSA) is 79.6 Å². The first-order chi connectivity index (χ1) is 11.8. The number of anilines is 3. The van der Waals surface area contributed by atoms with Crippen LogP contribution in [0.3, 0.4) is 0 Å². The monoisotopic (exact) mass is 359 g/mol. The van der Waals surface area contributed by atoms with Gasteiger partial charge in [-0.3, -0.25) is 0 Å². The molecule has 132 valence electrons. The molecule has 2 aromatic heterocycles. The lowest BCUT2D eigenvalue weighted by molar-refractivity contribution is 0.602. The van der Waals surface area contributed by atoms with Gasteiger partial charge in [0.1, 0.15) is 11.6 Å². The number of nitrogens with zero attached hydrogens (tertiary/aromatic N) is 4. The SMILES string of the molecule is CCc1cnn2c(Nc3ccc(S(C)(=O)=O)cc3)cc(N(C)C)nc12. The number of hydrogen-bond acceptors (Lipinski definition) is 6. The summed E-state index contributed by atoms with van der Waals surface area (Å²) in [5.41, 5.74) is 2.65. The summed E-state index contributed by atoms with van der Waals surface area (Å²) in [6.45, 7) is 2.07. The first-order valence-electron chi connectivity index (χ1n) is 7.91. The van der Waals surface area contributed by atoms with E-state index in [2.05, 4.69) is 22.3 Å². The van der Waals surface area contributed by atoms with Crippen LogP contribution in [0.25, 0.3) is 5.65 Å². The van der Waals surface area contributed by atoms with Crippen LogP contribution in [0.15, 0.2) is 41.4 Å². The van der Waals surface area contributed by atoms with E-state index in [4.69, 9.17) is 0 Å². The summed E-state index contributed by atoms with van der Waals surface area (Å²) in [5, 5.41) is 7.72. The lowest BCUT2D eigenvalue weighted by Gasteiger charge is -2.15. The van der Waals surface area contributed by atoms with Crippen LogP contribution >= 0.6 is 0 Å². The number of hydrogen-bond donors (Lipinski definition) is 1. The van der Waals surface area contributed by atoms with E-state index in [1.807, 2.05) is 31.3 Å². The molecule has 0 atom stereocenters. The molecule has 0 amide bonds. The summed E-state index contributed by atoms with van der Waals surface area (Å²) < 4.78 is 24.9. The van der Waals surface area contributed by atoms with Crippen molar-refractivity contribution in [2.75, 3.05) is 30.6 Å². The van der Waals surface area contributed by atoms with Gasteiger partial charge in [-0.1, -0.05) is 6.92 Å². The fourth-order valence-electron chi connectivity index (χ4n) is 2.50. The van der Waals surface area contributed by atoms with E-state index in [0.717, 1.165) is 35.0 Å². The fourth-order valence-corrected chi connectivity index (χ4v) is 3.13. The van der Waals surface area contributed by atoms with E-state index in [1.165, 1.54) is 6.26 Å². The van der Waals surface area contributed by atoms with Crippen molar-refractivity contribution in [3.8, 4) is 0 Å². The van der Waals surface area contributed by atoms with E-state index in [1.54, 1.807) is 28.8 Å². The van der Waals surface area contributed by atoms with Gasteiger partial charge in [-0.05, 0) is 30.7 Å². The van der Waals surface area contributed by atoms with Crippen LogP contribution in [-0.4, -0.2) is 43.4 Å². The molecule has 0 saturated heterocycles. The molecule has 7 nitrogen and oxygen atoms in total. The van der Waals surface area contributed by atoms with Gasteiger partial charge in [0.05, 0.1) is 11.1 Å². The Balaban J connectivity index is 2.04. The number of aryl methyl sites for hydroxylation is 1. The maximum Gasteiger partial charge on any atom is 0.175 e. The summed E-state index contributed by atoms with van der Waals surface area (Å²) in [4.78, 5) is 6.89. The van der Waals surface area contributed by atoms with E-state index in [0.29, 0.717) is 4.90 Å². The minimum atomic E-state index is -3.21. The van der Waals surface area contributed by atoms with Gasteiger partial charge >= 0.3 is 0 Å². The first-order valence-corrected chi connectivity index (χ1v) is 9.81. The molecule has 1 aromatic carbocycles. The molecular weight excluding hydrogens is 338 g/mol. The number of nitrogens with one attached hydrogen (secondary N) is 1. The van der Waals surface area contributed by atoms with Crippen LogP contribution in [0.4, 0.5) is 17.3 Å². The molecule has 3 rings (SSSR count). The third-order valence-electron chi connectivity index (χ3n) is 3.93. The molecule has 0 aliphatic heterocycles. The molecule has 1 N–H and O–H groups in total. The van der Waals surface area contributed by atoms with E-state index in [-0.39, 0.29) is 0 Å². The average Bonchev–Trinajstić information content (AvgIpc) is 2.97. The molecule has 0 spiro atoms. The third kappa shape index (κ3) is 3.43. The summed E-state index contributed by atoms with van der Waals surface area (Å²) >= 11 is 0. The number of sulfone groups is 1. The van der Waals surface area contributed by atoms with Crippen LogP contribution in [0.2, 0.25) is 0 Å². The Morgan fingerprint density at radius 3 is 2.44 bits per heavy atom. The number of fused-ring (bicyclic) bond motifs is 1. The largest absolute Gasteiger partial charge is 0.363 e. The second-order valence-corrected chi connectivity index (χ2v) is 8.09. The van der Waals surface area contributed by atoms with Gasteiger partial charge in [-0.2, -0.15) is 9.61 Å². The highest BCUT2D eigenvalue weighted by Gasteiger charge is 2.12. The zero-order valence-electron chi connectivity index (χ0n) is 14.7. The zero-order valence-corrected chi connectivity index (χ0v) is 15.5. The van der Waals surface area contributed by atoms with Crippen molar-refractivity contribution in [1.29, 1.82) is 0 Å². The number of benzene rings is 1. The fraction of sp³-hybridized carbons (Fsp3) is 0.294. The summed E-state index contributed by atoms with van der Waals surface area (Å²) in [6.07, 6.45) is 3.86. The second-order valence-electron chi connectivity index (χ2n) is 6.07. The summed E-state index contributed by atoms with van der Waals surface area (Å²) in [7, 11) is 0.665. The van der Waals surface area contributed by atoms with Gasteiger partial charge < -0.3 is 10.2 Å². The maximum atomic E-state index is 11.6. The molecule has 3 aromatic rings. The minimum Gasteiger partial charge on any atom is -0.363 e.